The molecule has 0 saturated carbocycles. The van der Waals surface area contributed by atoms with Crippen LogP contribution in [0.3, 0.4) is 0 Å². The van der Waals surface area contributed by atoms with Crippen molar-refractivity contribution in [2.75, 3.05) is 0 Å². The molecule has 0 spiro atoms. The van der Waals surface area contributed by atoms with Gasteiger partial charge in [-0.3, -0.25) is 4.98 Å². The molecule has 1 heteroatoms. The van der Waals surface area contributed by atoms with Crippen molar-refractivity contribution in [2.24, 2.45) is 0 Å². The van der Waals surface area contributed by atoms with Gasteiger partial charge in [0.05, 0.1) is 5.69 Å². The molecule has 0 unspecified atom stereocenters. The van der Waals surface area contributed by atoms with E-state index in [2.05, 4.69) is 65.0 Å². The minimum atomic E-state index is 1.10. The topological polar surface area (TPSA) is 12.9 Å². The molecule has 21 heavy (non-hydrogen) atoms. The van der Waals surface area contributed by atoms with Gasteiger partial charge in [0.15, 0.2) is 0 Å². The summed E-state index contributed by atoms with van der Waals surface area (Å²) in [6.07, 6.45) is 1.99. The summed E-state index contributed by atoms with van der Waals surface area (Å²) in [4.78, 5) is 4.75. The largest absolute Gasteiger partial charge is 0.255 e. The molecule has 0 aliphatic heterocycles. The van der Waals surface area contributed by atoms with Gasteiger partial charge in [-0.05, 0) is 68.3 Å². The van der Waals surface area contributed by atoms with E-state index in [1.807, 2.05) is 6.20 Å². The van der Waals surface area contributed by atoms with E-state index in [-0.39, 0.29) is 0 Å². The second kappa shape index (κ2) is 5.00. The highest BCUT2D eigenvalue weighted by atomic mass is 14.7. The van der Waals surface area contributed by atoms with Gasteiger partial charge in [0.25, 0.3) is 0 Å². The predicted octanol–water partition coefficient (Wildman–Crippen LogP) is 5.44. The highest BCUT2D eigenvalue weighted by Gasteiger charge is 2.12. The quantitative estimate of drug-likeness (QED) is 0.576. The number of nitrogens with zero attached hydrogens (tertiary/aromatic N) is 1. The fraction of sp³-hybridized carbons (Fsp3) is 0.250. The molecule has 0 bridgehead atoms. The standard InChI is InChI=1S/C20H21N/c1-12-6-8-17-14(3)11-21-20(19(17)10-12)18-9-7-13(2)15(4)16(18)5/h6-11H,1-5H3. The maximum atomic E-state index is 4.75. The summed E-state index contributed by atoms with van der Waals surface area (Å²) in [5, 5.41) is 2.55. The maximum absolute atomic E-state index is 4.75. The zero-order valence-electron chi connectivity index (χ0n) is 13.4. The molecule has 1 aromatic heterocycles. The molecule has 0 fully saturated rings. The summed E-state index contributed by atoms with van der Waals surface area (Å²) in [7, 11) is 0. The van der Waals surface area contributed by atoms with Crippen molar-refractivity contribution in [1.82, 2.24) is 4.98 Å². The fourth-order valence-electron chi connectivity index (χ4n) is 2.93. The molecule has 0 aliphatic rings. The van der Waals surface area contributed by atoms with Crippen molar-refractivity contribution in [3.05, 3.63) is 64.3 Å². The molecule has 0 radical (unpaired) electrons. The van der Waals surface area contributed by atoms with E-state index in [0.29, 0.717) is 0 Å². The van der Waals surface area contributed by atoms with Crippen LogP contribution in [0.1, 0.15) is 27.8 Å². The Kier molecular flexibility index (Phi) is 3.29. The first-order valence-corrected chi connectivity index (χ1v) is 7.42. The second-order valence-electron chi connectivity index (χ2n) is 6.02. The molecule has 106 valence electrons. The first-order chi connectivity index (χ1) is 9.99. The lowest BCUT2D eigenvalue weighted by Crippen LogP contribution is -1.95. The van der Waals surface area contributed by atoms with Crippen LogP contribution in [0.2, 0.25) is 0 Å². The summed E-state index contributed by atoms with van der Waals surface area (Å²) in [6.45, 7) is 10.8. The van der Waals surface area contributed by atoms with Gasteiger partial charge in [-0.2, -0.15) is 0 Å². The monoisotopic (exact) mass is 275 g/mol. The average Bonchev–Trinajstić information content (AvgIpc) is 2.46. The SMILES string of the molecule is Cc1ccc2c(C)cnc(-c3ccc(C)c(C)c3C)c2c1. The van der Waals surface area contributed by atoms with E-state index in [9.17, 15) is 0 Å². The Morgan fingerprint density at radius 2 is 1.48 bits per heavy atom. The van der Waals surface area contributed by atoms with Crippen LogP contribution >= 0.6 is 0 Å². The van der Waals surface area contributed by atoms with Gasteiger partial charge in [-0.15, -0.1) is 0 Å². The Balaban J connectivity index is 2.38. The van der Waals surface area contributed by atoms with Crippen LogP contribution in [-0.2, 0) is 0 Å². The van der Waals surface area contributed by atoms with Crippen LogP contribution in [0.15, 0.2) is 36.5 Å². The smallest absolute Gasteiger partial charge is 0.0783 e. The second-order valence-corrected chi connectivity index (χ2v) is 6.02. The minimum absolute atomic E-state index is 1.10. The van der Waals surface area contributed by atoms with Crippen LogP contribution in [0.4, 0.5) is 0 Å². The van der Waals surface area contributed by atoms with Crippen LogP contribution in [0.25, 0.3) is 22.0 Å². The Labute approximate surface area is 126 Å². The number of rotatable bonds is 1. The maximum Gasteiger partial charge on any atom is 0.0783 e. The molecular weight excluding hydrogens is 254 g/mol. The number of benzene rings is 2. The molecular formula is C20H21N. The third-order valence-corrected chi connectivity index (χ3v) is 4.56. The Morgan fingerprint density at radius 3 is 2.24 bits per heavy atom. The molecule has 0 N–H and O–H groups in total. The molecule has 2 aromatic carbocycles. The molecule has 3 rings (SSSR count). The molecule has 1 nitrogen and oxygen atoms in total. The van der Waals surface area contributed by atoms with E-state index in [0.717, 1.165) is 5.69 Å². The van der Waals surface area contributed by atoms with Crippen LogP contribution in [0, 0.1) is 34.6 Å². The lowest BCUT2D eigenvalue weighted by molar-refractivity contribution is 1.24. The Morgan fingerprint density at radius 1 is 0.714 bits per heavy atom. The summed E-state index contributed by atoms with van der Waals surface area (Å²) in [5.74, 6) is 0. The number of fused-ring (bicyclic) bond motifs is 1. The lowest BCUT2D eigenvalue weighted by atomic mass is 9.93. The third kappa shape index (κ3) is 2.23. The summed E-state index contributed by atoms with van der Waals surface area (Å²) >= 11 is 0. The van der Waals surface area contributed by atoms with Crippen molar-refractivity contribution in [1.29, 1.82) is 0 Å². The molecule has 0 atom stereocenters. The van der Waals surface area contributed by atoms with Crippen LogP contribution in [-0.4, -0.2) is 4.98 Å². The number of pyridine rings is 1. The summed E-state index contributed by atoms with van der Waals surface area (Å²) in [6, 6.07) is 11.0. The van der Waals surface area contributed by atoms with Gasteiger partial charge in [0.2, 0.25) is 0 Å². The van der Waals surface area contributed by atoms with Gasteiger partial charge in [0, 0.05) is 17.1 Å². The minimum Gasteiger partial charge on any atom is -0.255 e. The zero-order valence-corrected chi connectivity index (χ0v) is 13.4. The van der Waals surface area contributed by atoms with Crippen LogP contribution in [0.5, 0.6) is 0 Å². The van der Waals surface area contributed by atoms with E-state index in [1.54, 1.807) is 0 Å². The van der Waals surface area contributed by atoms with E-state index < -0.39 is 0 Å². The fourth-order valence-corrected chi connectivity index (χ4v) is 2.93. The van der Waals surface area contributed by atoms with Crippen molar-refractivity contribution in [2.45, 2.75) is 34.6 Å². The Hall–Kier alpha value is -2.15. The van der Waals surface area contributed by atoms with E-state index in [4.69, 9.17) is 4.98 Å². The highest BCUT2D eigenvalue weighted by molar-refractivity contribution is 5.97. The van der Waals surface area contributed by atoms with Crippen molar-refractivity contribution < 1.29 is 0 Å². The van der Waals surface area contributed by atoms with Crippen molar-refractivity contribution >= 4 is 10.8 Å². The van der Waals surface area contributed by atoms with Gasteiger partial charge in [0.1, 0.15) is 0 Å². The van der Waals surface area contributed by atoms with Gasteiger partial charge in [-0.25, -0.2) is 0 Å². The molecule has 1 heterocycles. The Bertz CT molecular complexity index is 844. The average molecular weight is 275 g/mol. The molecule has 0 aliphatic carbocycles. The molecule has 3 aromatic rings. The summed E-state index contributed by atoms with van der Waals surface area (Å²) in [5.41, 5.74) is 8.87. The third-order valence-electron chi connectivity index (χ3n) is 4.56. The van der Waals surface area contributed by atoms with Gasteiger partial charge >= 0.3 is 0 Å². The lowest BCUT2D eigenvalue weighted by Gasteiger charge is -2.14. The zero-order chi connectivity index (χ0) is 15.1. The number of aryl methyl sites for hydroxylation is 3. The molecule has 0 amide bonds. The number of hydrogen-bond acceptors (Lipinski definition) is 1. The number of aromatic nitrogens is 1. The van der Waals surface area contributed by atoms with Gasteiger partial charge in [-0.1, -0.05) is 29.8 Å². The van der Waals surface area contributed by atoms with Crippen LogP contribution < -0.4 is 0 Å². The molecule has 0 saturated heterocycles. The van der Waals surface area contributed by atoms with E-state index in [1.165, 1.54) is 44.2 Å². The van der Waals surface area contributed by atoms with E-state index >= 15 is 0 Å². The van der Waals surface area contributed by atoms with Gasteiger partial charge < -0.3 is 0 Å². The number of hydrogen-bond donors (Lipinski definition) is 0. The summed E-state index contributed by atoms with van der Waals surface area (Å²) < 4.78 is 0. The first-order valence-electron chi connectivity index (χ1n) is 7.42. The predicted molar refractivity (Wildman–Crippen MR) is 90.9 cm³/mol. The van der Waals surface area contributed by atoms with Crippen molar-refractivity contribution in [3.8, 4) is 11.3 Å². The normalized spacial score (nSPS) is 11.1. The van der Waals surface area contributed by atoms with Crippen molar-refractivity contribution in [3.63, 3.8) is 0 Å². The first kappa shape index (κ1) is 13.8. The highest BCUT2D eigenvalue weighted by Crippen LogP contribution is 2.32.